The summed E-state index contributed by atoms with van der Waals surface area (Å²) in [6.07, 6.45) is 6.80. The Morgan fingerprint density at radius 1 is 1.10 bits per heavy atom. The molecule has 0 radical (unpaired) electrons. The van der Waals surface area contributed by atoms with Crippen LogP contribution < -0.4 is 0 Å². The van der Waals surface area contributed by atoms with Gasteiger partial charge in [-0.2, -0.15) is 5.10 Å². The van der Waals surface area contributed by atoms with Crippen molar-refractivity contribution in [3.8, 4) is 0 Å². The summed E-state index contributed by atoms with van der Waals surface area (Å²) in [5.41, 5.74) is 1.64. The third-order valence-corrected chi connectivity index (χ3v) is 4.21. The standard InChI is InChI=1S/C17H30N2O/c1-16(2,3)15-11-14(13-7-9-20-10-8-13)12-18-19(15)17(4,5)6/h11-13,15H,7-10H2,1-6H3. The van der Waals surface area contributed by atoms with Gasteiger partial charge in [-0.05, 0) is 50.5 Å². The zero-order valence-electron chi connectivity index (χ0n) is 13.9. The Morgan fingerprint density at radius 3 is 2.20 bits per heavy atom. The van der Waals surface area contributed by atoms with Crippen molar-refractivity contribution < 1.29 is 4.74 Å². The van der Waals surface area contributed by atoms with E-state index in [2.05, 4.69) is 58.8 Å². The van der Waals surface area contributed by atoms with Gasteiger partial charge in [0, 0.05) is 13.2 Å². The summed E-state index contributed by atoms with van der Waals surface area (Å²) < 4.78 is 5.48. The minimum atomic E-state index is 0.0478. The second kappa shape index (κ2) is 5.51. The molecular formula is C17H30N2O. The summed E-state index contributed by atoms with van der Waals surface area (Å²) in [6, 6.07) is 0.352. The normalized spacial score (nSPS) is 25.8. The minimum absolute atomic E-state index is 0.0478. The van der Waals surface area contributed by atoms with E-state index >= 15 is 0 Å². The summed E-state index contributed by atoms with van der Waals surface area (Å²) in [5, 5.41) is 7.06. The Labute approximate surface area is 124 Å². The Bertz CT molecular complexity index is 392. The highest BCUT2D eigenvalue weighted by Gasteiger charge is 2.37. The molecule has 3 heteroatoms. The Kier molecular flexibility index (Phi) is 4.29. The number of nitrogens with zero attached hydrogens (tertiary/aromatic N) is 2. The quantitative estimate of drug-likeness (QED) is 0.727. The molecule has 0 bridgehead atoms. The van der Waals surface area contributed by atoms with Gasteiger partial charge < -0.3 is 4.74 Å². The van der Waals surface area contributed by atoms with Crippen LogP contribution in [0, 0.1) is 11.3 Å². The van der Waals surface area contributed by atoms with Crippen LogP contribution in [0.2, 0.25) is 0 Å². The van der Waals surface area contributed by atoms with Crippen molar-refractivity contribution in [1.29, 1.82) is 0 Å². The second-order valence-electron chi connectivity index (χ2n) is 8.12. The van der Waals surface area contributed by atoms with Gasteiger partial charge in [0.1, 0.15) is 0 Å². The molecule has 1 fully saturated rings. The van der Waals surface area contributed by atoms with Gasteiger partial charge >= 0.3 is 0 Å². The van der Waals surface area contributed by atoms with Crippen molar-refractivity contribution in [1.82, 2.24) is 5.01 Å². The minimum Gasteiger partial charge on any atom is -0.381 e. The average Bonchev–Trinajstić information content (AvgIpc) is 2.37. The zero-order chi connectivity index (χ0) is 15.0. The maximum Gasteiger partial charge on any atom is 0.0711 e. The third-order valence-electron chi connectivity index (χ3n) is 4.21. The fourth-order valence-corrected chi connectivity index (χ4v) is 2.98. The zero-order valence-corrected chi connectivity index (χ0v) is 13.9. The van der Waals surface area contributed by atoms with Gasteiger partial charge in [0.2, 0.25) is 0 Å². The number of ether oxygens (including phenoxy) is 1. The maximum atomic E-state index is 5.48. The smallest absolute Gasteiger partial charge is 0.0711 e. The summed E-state index contributed by atoms with van der Waals surface area (Å²) in [7, 11) is 0. The first-order chi connectivity index (χ1) is 9.19. The molecule has 1 unspecified atom stereocenters. The van der Waals surface area contributed by atoms with Gasteiger partial charge in [-0.25, -0.2) is 0 Å². The molecule has 114 valence electrons. The van der Waals surface area contributed by atoms with E-state index in [1.54, 1.807) is 0 Å². The molecule has 2 aliphatic heterocycles. The largest absolute Gasteiger partial charge is 0.381 e. The van der Waals surface area contributed by atoms with E-state index in [1.165, 1.54) is 5.57 Å². The fraction of sp³-hybridized carbons (Fsp3) is 0.824. The highest BCUT2D eigenvalue weighted by Crippen LogP contribution is 2.35. The van der Waals surface area contributed by atoms with Crippen LogP contribution in [0.25, 0.3) is 0 Å². The first kappa shape index (κ1) is 15.6. The van der Waals surface area contributed by atoms with Gasteiger partial charge in [0.25, 0.3) is 0 Å². The molecule has 0 amide bonds. The monoisotopic (exact) mass is 278 g/mol. The van der Waals surface area contributed by atoms with Crippen molar-refractivity contribution in [2.24, 2.45) is 16.4 Å². The SMILES string of the molecule is CC(C)(C)C1C=C(C2CCOCC2)C=NN1C(C)(C)C. The lowest BCUT2D eigenvalue weighted by Gasteiger charge is -2.46. The summed E-state index contributed by atoms with van der Waals surface area (Å²) in [5.74, 6) is 0.625. The van der Waals surface area contributed by atoms with Crippen LogP contribution in [-0.4, -0.2) is 36.0 Å². The number of hydrogen-bond acceptors (Lipinski definition) is 3. The van der Waals surface area contributed by atoms with Crippen molar-refractivity contribution in [2.75, 3.05) is 13.2 Å². The van der Waals surface area contributed by atoms with Gasteiger partial charge in [-0.15, -0.1) is 0 Å². The lowest BCUT2D eigenvalue weighted by atomic mass is 9.80. The Hall–Kier alpha value is -0.830. The molecule has 2 aliphatic rings. The molecule has 0 aromatic rings. The second-order valence-corrected chi connectivity index (χ2v) is 8.12. The van der Waals surface area contributed by atoms with E-state index in [-0.39, 0.29) is 11.0 Å². The van der Waals surface area contributed by atoms with Crippen LogP contribution in [0.4, 0.5) is 0 Å². The molecule has 3 nitrogen and oxygen atoms in total. The van der Waals surface area contributed by atoms with E-state index in [0.717, 1.165) is 26.1 Å². The maximum absolute atomic E-state index is 5.48. The highest BCUT2D eigenvalue weighted by molar-refractivity contribution is 5.80. The van der Waals surface area contributed by atoms with Crippen LogP contribution in [0.15, 0.2) is 16.8 Å². The van der Waals surface area contributed by atoms with Crippen molar-refractivity contribution in [2.45, 2.75) is 66.0 Å². The van der Waals surface area contributed by atoms with Gasteiger partial charge in [-0.3, -0.25) is 5.01 Å². The van der Waals surface area contributed by atoms with Gasteiger partial charge in [-0.1, -0.05) is 26.8 Å². The summed E-state index contributed by atoms with van der Waals surface area (Å²) >= 11 is 0. The van der Waals surface area contributed by atoms with Crippen molar-refractivity contribution in [3.05, 3.63) is 11.6 Å². The molecule has 0 aromatic heterocycles. The molecule has 2 rings (SSSR count). The molecule has 0 N–H and O–H groups in total. The molecule has 2 heterocycles. The number of rotatable bonds is 1. The molecule has 1 saturated heterocycles. The van der Waals surface area contributed by atoms with Crippen LogP contribution in [-0.2, 0) is 4.74 Å². The Morgan fingerprint density at radius 2 is 1.70 bits per heavy atom. The summed E-state index contributed by atoms with van der Waals surface area (Å²) in [4.78, 5) is 0. The highest BCUT2D eigenvalue weighted by atomic mass is 16.5. The summed E-state index contributed by atoms with van der Waals surface area (Å²) in [6.45, 7) is 15.4. The average molecular weight is 278 g/mol. The number of hydrazone groups is 1. The van der Waals surface area contributed by atoms with E-state index in [1.807, 2.05) is 0 Å². The first-order valence-corrected chi connectivity index (χ1v) is 7.82. The predicted molar refractivity (Wildman–Crippen MR) is 85.0 cm³/mol. The molecule has 1 atom stereocenters. The van der Waals surface area contributed by atoms with Crippen molar-refractivity contribution >= 4 is 6.21 Å². The van der Waals surface area contributed by atoms with E-state index < -0.39 is 0 Å². The molecule has 0 saturated carbocycles. The molecule has 0 spiro atoms. The number of hydrogen-bond donors (Lipinski definition) is 0. The van der Waals surface area contributed by atoms with E-state index in [9.17, 15) is 0 Å². The van der Waals surface area contributed by atoms with Crippen LogP contribution >= 0.6 is 0 Å². The fourth-order valence-electron chi connectivity index (χ4n) is 2.98. The lowest BCUT2D eigenvalue weighted by molar-refractivity contribution is 0.0468. The lowest BCUT2D eigenvalue weighted by Crippen LogP contribution is -2.51. The van der Waals surface area contributed by atoms with Crippen LogP contribution in [0.1, 0.15) is 54.4 Å². The van der Waals surface area contributed by atoms with E-state index in [0.29, 0.717) is 12.0 Å². The molecule has 0 aromatic carbocycles. The third kappa shape index (κ3) is 3.43. The molecule has 0 aliphatic carbocycles. The predicted octanol–water partition coefficient (Wildman–Crippen LogP) is 3.85. The van der Waals surface area contributed by atoms with Crippen LogP contribution in [0.5, 0.6) is 0 Å². The topological polar surface area (TPSA) is 24.8 Å². The Balaban J connectivity index is 2.25. The number of allylic oxidation sites excluding steroid dienone is 1. The van der Waals surface area contributed by atoms with Crippen LogP contribution in [0.3, 0.4) is 0 Å². The van der Waals surface area contributed by atoms with Gasteiger partial charge in [0.15, 0.2) is 0 Å². The molecule has 20 heavy (non-hydrogen) atoms. The molecular weight excluding hydrogens is 248 g/mol. The van der Waals surface area contributed by atoms with Gasteiger partial charge in [0.05, 0.1) is 17.8 Å². The van der Waals surface area contributed by atoms with Crippen molar-refractivity contribution in [3.63, 3.8) is 0 Å². The first-order valence-electron chi connectivity index (χ1n) is 7.82. The van der Waals surface area contributed by atoms with E-state index in [4.69, 9.17) is 9.84 Å².